The Kier molecular flexibility index (Phi) is 6.00. The topological polar surface area (TPSA) is 33.0 Å². The molecule has 0 unspecified atom stereocenters. The fraction of sp³-hybridized carbons (Fsp3) is 0.500. The van der Waals surface area contributed by atoms with Gasteiger partial charge in [-0.1, -0.05) is 42.4 Å². The van der Waals surface area contributed by atoms with Crippen molar-refractivity contribution in [1.29, 1.82) is 5.26 Å². The van der Waals surface area contributed by atoms with E-state index in [1.54, 1.807) is 21.6 Å². The molecule has 0 amide bonds. The van der Waals surface area contributed by atoms with Crippen LogP contribution in [0.25, 0.3) is 0 Å². The standard InChI is InChI=1S/C14H21NOS2Si/c1-14(2,3)19(4,5)16-11-13-9-8-12(17-18-13)7-6-10-15/h6-9H,11H2,1-5H3. The average molecular weight is 312 g/mol. The molecule has 19 heavy (non-hydrogen) atoms. The smallest absolute Gasteiger partial charge is 0.192 e. The highest BCUT2D eigenvalue weighted by molar-refractivity contribution is 8.79. The molecule has 5 heteroatoms. The zero-order valence-corrected chi connectivity index (χ0v) is 14.8. The van der Waals surface area contributed by atoms with Crippen molar-refractivity contribution >= 4 is 29.9 Å². The summed E-state index contributed by atoms with van der Waals surface area (Å²) in [5.41, 5.74) is 0. The van der Waals surface area contributed by atoms with E-state index in [-0.39, 0.29) is 5.04 Å². The van der Waals surface area contributed by atoms with E-state index in [4.69, 9.17) is 9.69 Å². The van der Waals surface area contributed by atoms with Gasteiger partial charge in [-0.05, 0) is 36.4 Å². The molecule has 0 N–H and O–H groups in total. The monoisotopic (exact) mass is 311 g/mol. The maximum absolute atomic E-state index is 8.49. The summed E-state index contributed by atoms with van der Waals surface area (Å²) in [6, 6.07) is 2.00. The number of hydrogen-bond acceptors (Lipinski definition) is 4. The van der Waals surface area contributed by atoms with E-state index in [9.17, 15) is 0 Å². The Morgan fingerprint density at radius 2 is 2.00 bits per heavy atom. The van der Waals surface area contributed by atoms with Crippen molar-refractivity contribution in [2.24, 2.45) is 0 Å². The van der Waals surface area contributed by atoms with Gasteiger partial charge < -0.3 is 4.43 Å². The molecule has 1 rings (SSSR count). The van der Waals surface area contributed by atoms with E-state index < -0.39 is 8.32 Å². The molecular weight excluding hydrogens is 290 g/mol. The molecule has 1 aliphatic rings. The first-order valence-electron chi connectivity index (χ1n) is 6.22. The van der Waals surface area contributed by atoms with Gasteiger partial charge >= 0.3 is 0 Å². The first-order valence-corrected chi connectivity index (χ1v) is 11.3. The molecule has 1 aliphatic heterocycles. The molecule has 2 nitrogen and oxygen atoms in total. The van der Waals surface area contributed by atoms with E-state index in [1.807, 2.05) is 18.2 Å². The van der Waals surface area contributed by atoms with Crippen LogP contribution in [0.15, 0.2) is 34.1 Å². The third-order valence-corrected chi connectivity index (χ3v) is 10.3. The molecule has 104 valence electrons. The summed E-state index contributed by atoms with van der Waals surface area (Å²) in [5, 5.41) is 8.73. The van der Waals surface area contributed by atoms with Crippen molar-refractivity contribution < 1.29 is 4.43 Å². The minimum absolute atomic E-state index is 0.247. The Balaban J connectivity index is 2.58. The van der Waals surface area contributed by atoms with Crippen molar-refractivity contribution in [3.05, 3.63) is 34.1 Å². The SMILES string of the molecule is CC(C)(C)[Si](C)(C)OCC1=CC=C(C=CC#N)SS1. The lowest BCUT2D eigenvalue weighted by Gasteiger charge is -2.36. The van der Waals surface area contributed by atoms with Gasteiger partial charge in [0.15, 0.2) is 8.32 Å². The first kappa shape index (κ1) is 16.6. The van der Waals surface area contributed by atoms with Crippen molar-refractivity contribution in [2.75, 3.05) is 6.61 Å². The third-order valence-electron chi connectivity index (χ3n) is 3.38. The molecule has 0 aromatic heterocycles. The minimum atomic E-state index is -1.67. The predicted octanol–water partition coefficient (Wildman–Crippen LogP) is 5.25. The fourth-order valence-corrected chi connectivity index (χ4v) is 4.06. The Bertz CT molecular complexity index is 453. The molecule has 0 fully saturated rings. The quantitative estimate of drug-likeness (QED) is 0.403. The second-order valence-electron chi connectivity index (χ2n) is 5.88. The molecule has 1 heterocycles. The highest BCUT2D eigenvalue weighted by Gasteiger charge is 2.37. The van der Waals surface area contributed by atoms with E-state index in [0.717, 1.165) is 4.91 Å². The van der Waals surface area contributed by atoms with Crippen LogP contribution in [-0.4, -0.2) is 14.9 Å². The average Bonchev–Trinajstić information content (AvgIpc) is 2.34. The number of nitrogens with zero attached hydrogens (tertiary/aromatic N) is 1. The Labute approximate surface area is 125 Å². The maximum Gasteiger partial charge on any atom is 0.192 e. The Morgan fingerprint density at radius 1 is 1.32 bits per heavy atom. The van der Waals surface area contributed by atoms with Crippen LogP contribution >= 0.6 is 21.6 Å². The van der Waals surface area contributed by atoms with Gasteiger partial charge in [0.2, 0.25) is 0 Å². The highest BCUT2D eigenvalue weighted by Crippen LogP contribution is 2.42. The van der Waals surface area contributed by atoms with Gasteiger partial charge in [-0.25, -0.2) is 0 Å². The van der Waals surface area contributed by atoms with E-state index in [0.29, 0.717) is 6.61 Å². The molecule has 0 aliphatic carbocycles. The summed E-state index contributed by atoms with van der Waals surface area (Å²) in [4.78, 5) is 2.34. The molecular formula is C14H21NOS2Si. The van der Waals surface area contributed by atoms with Crippen LogP contribution in [0.3, 0.4) is 0 Å². The van der Waals surface area contributed by atoms with Crippen molar-refractivity contribution in [2.45, 2.75) is 38.9 Å². The lowest BCUT2D eigenvalue weighted by atomic mass is 10.2. The van der Waals surface area contributed by atoms with Crippen LogP contribution in [0.4, 0.5) is 0 Å². The van der Waals surface area contributed by atoms with Crippen molar-refractivity contribution in [1.82, 2.24) is 0 Å². The molecule has 0 spiro atoms. The molecule has 0 radical (unpaired) electrons. The molecule has 0 saturated heterocycles. The molecule has 0 saturated carbocycles. The van der Waals surface area contributed by atoms with Gasteiger partial charge in [-0.2, -0.15) is 5.26 Å². The highest BCUT2D eigenvalue weighted by atomic mass is 33.1. The summed E-state index contributed by atoms with van der Waals surface area (Å²) in [5.74, 6) is 0. The summed E-state index contributed by atoms with van der Waals surface area (Å²) < 4.78 is 6.19. The van der Waals surface area contributed by atoms with Crippen LogP contribution in [0.2, 0.25) is 18.1 Å². The summed E-state index contributed by atoms with van der Waals surface area (Å²) in [6.45, 7) is 12.0. The van der Waals surface area contributed by atoms with E-state index in [2.05, 4.69) is 39.9 Å². The zero-order valence-electron chi connectivity index (χ0n) is 12.2. The summed E-state index contributed by atoms with van der Waals surface area (Å²) >= 11 is 0. The van der Waals surface area contributed by atoms with Crippen LogP contribution in [0, 0.1) is 11.3 Å². The van der Waals surface area contributed by atoms with Crippen LogP contribution in [0.5, 0.6) is 0 Å². The lowest BCUT2D eigenvalue weighted by Crippen LogP contribution is -2.41. The van der Waals surface area contributed by atoms with Crippen LogP contribution < -0.4 is 0 Å². The number of allylic oxidation sites excluding steroid dienone is 4. The van der Waals surface area contributed by atoms with Crippen molar-refractivity contribution in [3.63, 3.8) is 0 Å². The van der Waals surface area contributed by atoms with Gasteiger partial charge in [0.25, 0.3) is 0 Å². The fourth-order valence-electron chi connectivity index (χ4n) is 1.08. The van der Waals surface area contributed by atoms with Gasteiger partial charge in [0.05, 0.1) is 12.7 Å². The second-order valence-corrected chi connectivity index (χ2v) is 13.0. The maximum atomic E-state index is 8.49. The molecule has 0 bridgehead atoms. The second kappa shape index (κ2) is 6.85. The zero-order chi connectivity index (χ0) is 14.5. The van der Waals surface area contributed by atoms with Crippen LogP contribution in [0.1, 0.15) is 20.8 Å². The van der Waals surface area contributed by atoms with Gasteiger partial charge in [0.1, 0.15) is 0 Å². The minimum Gasteiger partial charge on any atom is -0.412 e. The Morgan fingerprint density at radius 3 is 2.47 bits per heavy atom. The van der Waals surface area contributed by atoms with Gasteiger partial charge in [-0.3, -0.25) is 0 Å². The lowest BCUT2D eigenvalue weighted by molar-refractivity contribution is 0.325. The third kappa shape index (κ3) is 5.23. The van der Waals surface area contributed by atoms with Crippen molar-refractivity contribution in [3.8, 4) is 6.07 Å². The van der Waals surface area contributed by atoms with E-state index >= 15 is 0 Å². The number of nitriles is 1. The summed E-state index contributed by atoms with van der Waals surface area (Å²) in [7, 11) is 1.73. The number of rotatable bonds is 4. The summed E-state index contributed by atoms with van der Waals surface area (Å²) in [6.07, 6.45) is 7.47. The van der Waals surface area contributed by atoms with Gasteiger partial charge in [-0.15, -0.1) is 0 Å². The van der Waals surface area contributed by atoms with Crippen LogP contribution in [-0.2, 0) is 4.43 Å². The Hall–Kier alpha value is -0.413. The number of hydrogen-bond donors (Lipinski definition) is 0. The molecule has 0 atom stereocenters. The van der Waals surface area contributed by atoms with Gasteiger partial charge in [0, 0.05) is 15.9 Å². The largest absolute Gasteiger partial charge is 0.412 e. The predicted molar refractivity (Wildman–Crippen MR) is 89.3 cm³/mol. The molecule has 0 aromatic carbocycles. The molecule has 0 aromatic rings. The normalized spacial score (nSPS) is 17.1. The van der Waals surface area contributed by atoms with E-state index in [1.165, 1.54) is 11.0 Å². The first-order chi connectivity index (χ1) is 8.76.